The lowest BCUT2D eigenvalue weighted by Gasteiger charge is -2.11. The summed E-state index contributed by atoms with van der Waals surface area (Å²) in [5.74, 6) is -0.790. The third-order valence-corrected chi connectivity index (χ3v) is 7.31. The van der Waals surface area contributed by atoms with Gasteiger partial charge in [0.15, 0.2) is 5.82 Å². The van der Waals surface area contributed by atoms with Gasteiger partial charge in [-0.1, -0.05) is 52.4 Å². The van der Waals surface area contributed by atoms with Crippen molar-refractivity contribution >= 4 is 13.2 Å². The van der Waals surface area contributed by atoms with Gasteiger partial charge in [0, 0.05) is 14.0 Å². The van der Waals surface area contributed by atoms with Gasteiger partial charge in [0.1, 0.15) is 11.1 Å². The fraction of sp³-hybridized carbons (Fsp3) is 0.684. The summed E-state index contributed by atoms with van der Waals surface area (Å²) in [6.07, 6.45) is 13.6. The Morgan fingerprint density at radius 3 is 2.00 bits per heavy atom. The van der Waals surface area contributed by atoms with E-state index in [2.05, 4.69) is 13.8 Å². The molecule has 0 saturated carbocycles. The zero-order valence-electron chi connectivity index (χ0n) is 14.3. The van der Waals surface area contributed by atoms with Crippen molar-refractivity contribution in [3.8, 4) is 0 Å². The first-order valence-electron chi connectivity index (χ1n) is 8.99. The van der Waals surface area contributed by atoms with Crippen molar-refractivity contribution in [3.05, 3.63) is 29.8 Å². The second kappa shape index (κ2) is 12.0. The molecule has 0 aliphatic rings. The SMILES string of the molecule is CCCCCCCCC[PH+](CCCC)c1ccc(F)cc1F. The molecule has 0 radical (unpaired) electrons. The van der Waals surface area contributed by atoms with Crippen molar-refractivity contribution in [3.63, 3.8) is 0 Å². The summed E-state index contributed by atoms with van der Waals surface area (Å²) in [6.45, 7) is 4.41. The standard InChI is InChI=1S/C19H31F2P/c1-3-5-7-8-9-10-11-15-22(14-6-4-2)19-13-12-17(20)16-18(19)21/h12-13,16H,3-11,14-15H2,1-2H3/p+1. The van der Waals surface area contributed by atoms with E-state index in [1.165, 1.54) is 51.0 Å². The molecule has 0 amide bonds. The average Bonchev–Trinajstić information content (AvgIpc) is 2.50. The molecular weight excluding hydrogens is 297 g/mol. The van der Waals surface area contributed by atoms with Crippen LogP contribution in [0.4, 0.5) is 8.78 Å². The summed E-state index contributed by atoms with van der Waals surface area (Å²) in [5, 5.41) is 0.811. The van der Waals surface area contributed by atoms with E-state index >= 15 is 0 Å². The van der Waals surface area contributed by atoms with Crippen molar-refractivity contribution < 1.29 is 8.78 Å². The molecule has 3 heteroatoms. The molecule has 0 aliphatic carbocycles. The minimum absolute atomic E-state index is 0.326. The lowest BCUT2D eigenvalue weighted by molar-refractivity contribution is 0.588. The molecule has 0 aromatic heterocycles. The maximum atomic E-state index is 14.0. The van der Waals surface area contributed by atoms with Crippen LogP contribution in [0.15, 0.2) is 18.2 Å². The second-order valence-electron chi connectivity index (χ2n) is 6.20. The highest BCUT2D eigenvalue weighted by Crippen LogP contribution is 2.38. The average molecular weight is 329 g/mol. The molecule has 1 aromatic rings. The van der Waals surface area contributed by atoms with Gasteiger partial charge < -0.3 is 0 Å². The molecule has 0 bridgehead atoms. The summed E-state index contributed by atoms with van der Waals surface area (Å²) in [7, 11) is -0.870. The Morgan fingerprint density at radius 1 is 0.773 bits per heavy atom. The third-order valence-electron chi connectivity index (χ3n) is 4.23. The normalized spacial score (nSPS) is 12.5. The summed E-state index contributed by atoms with van der Waals surface area (Å²) >= 11 is 0. The molecule has 1 aromatic carbocycles. The lowest BCUT2D eigenvalue weighted by atomic mass is 10.1. The Bertz CT molecular complexity index is 406. The third kappa shape index (κ3) is 7.68. The molecule has 1 atom stereocenters. The summed E-state index contributed by atoms with van der Waals surface area (Å²) < 4.78 is 27.1. The summed E-state index contributed by atoms with van der Waals surface area (Å²) in [5.41, 5.74) is 0. The van der Waals surface area contributed by atoms with E-state index in [1.54, 1.807) is 6.07 Å². The van der Waals surface area contributed by atoms with Crippen LogP contribution in [-0.2, 0) is 0 Å². The Labute approximate surface area is 136 Å². The number of rotatable bonds is 12. The van der Waals surface area contributed by atoms with Crippen LogP contribution < -0.4 is 5.30 Å². The van der Waals surface area contributed by atoms with Gasteiger partial charge in [-0.25, -0.2) is 8.78 Å². The zero-order valence-corrected chi connectivity index (χ0v) is 15.3. The first kappa shape index (κ1) is 19.6. The van der Waals surface area contributed by atoms with Crippen LogP contribution in [0.3, 0.4) is 0 Å². The Hall–Kier alpha value is -0.490. The van der Waals surface area contributed by atoms with E-state index in [9.17, 15) is 8.78 Å². The Kier molecular flexibility index (Phi) is 10.7. The highest BCUT2D eigenvalue weighted by atomic mass is 31.1. The second-order valence-corrected chi connectivity index (χ2v) is 8.95. The van der Waals surface area contributed by atoms with Crippen molar-refractivity contribution in [1.82, 2.24) is 0 Å². The highest BCUT2D eigenvalue weighted by molar-refractivity contribution is 7.65. The van der Waals surface area contributed by atoms with Crippen LogP contribution in [0.2, 0.25) is 0 Å². The van der Waals surface area contributed by atoms with E-state index in [0.717, 1.165) is 36.5 Å². The smallest absolute Gasteiger partial charge is 0.167 e. The van der Waals surface area contributed by atoms with E-state index in [1.807, 2.05) is 0 Å². The fourth-order valence-corrected chi connectivity index (χ4v) is 5.83. The molecule has 0 heterocycles. The quantitative estimate of drug-likeness (QED) is 0.309. The predicted octanol–water partition coefficient (Wildman–Crippen LogP) is 6.36. The van der Waals surface area contributed by atoms with Crippen molar-refractivity contribution in [2.45, 2.75) is 71.6 Å². The van der Waals surface area contributed by atoms with Gasteiger partial charge in [0.2, 0.25) is 0 Å². The molecule has 126 valence electrons. The maximum Gasteiger partial charge on any atom is 0.167 e. The summed E-state index contributed by atoms with van der Waals surface area (Å²) in [6, 6.07) is 4.16. The molecule has 1 rings (SSSR count). The highest BCUT2D eigenvalue weighted by Gasteiger charge is 2.22. The number of benzene rings is 1. The predicted molar refractivity (Wildman–Crippen MR) is 96.9 cm³/mol. The first-order valence-corrected chi connectivity index (χ1v) is 10.9. The molecular formula is C19H32F2P+. The molecule has 0 spiro atoms. The number of halogens is 2. The van der Waals surface area contributed by atoms with Gasteiger partial charge in [-0.05, 0) is 31.4 Å². The van der Waals surface area contributed by atoms with Crippen LogP contribution in [0, 0.1) is 11.6 Å². The number of hydrogen-bond donors (Lipinski definition) is 0. The fourth-order valence-electron chi connectivity index (χ4n) is 2.86. The van der Waals surface area contributed by atoms with E-state index < -0.39 is 13.7 Å². The maximum absolute atomic E-state index is 14.0. The largest absolute Gasteiger partial charge is 0.207 e. The molecule has 0 saturated heterocycles. The molecule has 22 heavy (non-hydrogen) atoms. The number of hydrogen-bond acceptors (Lipinski definition) is 0. The van der Waals surface area contributed by atoms with Gasteiger partial charge in [0.25, 0.3) is 0 Å². The molecule has 0 N–H and O–H groups in total. The zero-order chi connectivity index (χ0) is 16.2. The minimum atomic E-state index is -0.870. The van der Waals surface area contributed by atoms with Crippen molar-refractivity contribution in [1.29, 1.82) is 0 Å². The van der Waals surface area contributed by atoms with Crippen LogP contribution in [-0.4, -0.2) is 12.3 Å². The Balaban J connectivity index is 2.43. The minimum Gasteiger partial charge on any atom is -0.207 e. The summed E-state index contributed by atoms with van der Waals surface area (Å²) in [4.78, 5) is 0. The first-order chi connectivity index (χ1) is 10.7. The van der Waals surface area contributed by atoms with Gasteiger partial charge in [-0.2, -0.15) is 0 Å². The van der Waals surface area contributed by atoms with Gasteiger partial charge in [0.05, 0.1) is 12.3 Å². The van der Waals surface area contributed by atoms with E-state index in [0.29, 0.717) is 0 Å². The van der Waals surface area contributed by atoms with Crippen LogP contribution >= 0.6 is 7.92 Å². The topological polar surface area (TPSA) is 0 Å². The molecule has 0 aliphatic heterocycles. The van der Waals surface area contributed by atoms with E-state index in [-0.39, 0.29) is 5.82 Å². The van der Waals surface area contributed by atoms with Crippen LogP contribution in [0.5, 0.6) is 0 Å². The van der Waals surface area contributed by atoms with E-state index in [4.69, 9.17) is 0 Å². The molecule has 0 nitrogen and oxygen atoms in total. The van der Waals surface area contributed by atoms with Gasteiger partial charge in [-0.15, -0.1) is 0 Å². The monoisotopic (exact) mass is 329 g/mol. The van der Waals surface area contributed by atoms with Crippen LogP contribution in [0.25, 0.3) is 0 Å². The van der Waals surface area contributed by atoms with Crippen molar-refractivity contribution in [2.24, 2.45) is 0 Å². The number of unbranched alkanes of at least 4 members (excludes halogenated alkanes) is 7. The molecule has 0 fully saturated rings. The van der Waals surface area contributed by atoms with Gasteiger partial charge in [-0.3, -0.25) is 0 Å². The Morgan fingerprint density at radius 2 is 1.36 bits per heavy atom. The lowest BCUT2D eigenvalue weighted by Crippen LogP contribution is -2.11. The molecule has 1 unspecified atom stereocenters. The van der Waals surface area contributed by atoms with Crippen LogP contribution in [0.1, 0.15) is 71.6 Å². The van der Waals surface area contributed by atoms with Crippen molar-refractivity contribution in [2.75, 3.05) is 12.3 Å². The van der Waals surface area contributed by atoms with Gasteiger partial charge >= 0.3 is 0 Å².